The normalized spacial score (nSPS) is 11.1. The number of amides is 2. The van der Waals surface area contributed by atoms with E-state index in [9.17, 15) is 9.59 Å². The molecule has 0 atom stereocenters. The second-order valence-electron chi connectivity index (χ2n) is 7.94. The van der Waals surface area contributed by atoms with Crippen molar-refractivity contribution in [3.63, 3.8) is 0 Å². The lowest BCUT2D eigenvalue weighted by atomic mass is 9.87. The topological polar surface area (TPSA) is 70.2 Å². The van der Waals surface area contributed by atoms with E-state index in [1.807, 2.05) is 26.0 Å². The summed E-state index contributed by atoms with van der Waals surface area (Å²) in [6.45, 7) is 10.2. The van der Waals surface area contributed by atoms with E-state index in [0.717, 1.165) is 5.56 Å². The Morgan fingerprint density at radius 3 is 1.86 bits per heavy atom. The molecule has 2 rings (SSSR count). The fourth-order valence-electron chi connectivity index (χ4n) is 2.51. The Morgan fingerprint density at radius 2 is 1.36 bits per heavy atom. The molecule has 2 aromatic carbocycles. The van der Waals surface area contributed by atoms with Gasteiger partial charge in [-0.3, -0.25) is 14.9 Å². The first kappa shape index (κ1) is 21.6. The van der Waals surface area contributed by atoms with Crippen molar-refractivity contribution in [3.8, 4) is 0 Å². The van der Waals surface area contributed by atoms with Crippen LogP contribution >= 0.6 is 12.2 Å². The molecule has 5 nitrogen and oxygen atoms in total. The predicted octanol–water partition coefficient (Wildman–Crippen LogP) is 4.25. The minimum absolute atomic E-state index is 0.0318. The van der Waals surface area contributed by atoms with Gasteiger partial charge < -0.3 is 10.6 Å². The molecule has 0 unspecified atom stereocenters. The molecule has 6 heteroatoms. The lowest BCUT2D eigenvalue weighted by molar-refractivity contribution is 0.0941. The molecule has 3 N–H and O–H groups in total. The molecular formula is C22H27N3O2S. The van der Waals surface area contributed by atoms with Crippen LogP contribution in [0.2, 0.25) is 0 Å². The zero-order valence-corrected chi connectivity index (χ0v) is 17.7. The highest BCUT2D eigenvalue weighted by Gasteiger charge is 2.15. The number of rotatable bonds is 4. The number of nitrogens with one attached hydrogen (secondary N) is 3. The van der Waals surface area contributed by atoms with Crippen molar-refractivity contribution < 1.29 is 9.59 Å². The standard InChI is InChI=1S/C22H27N3O2S/c1-14(2)23-19(26)16-8-12-18(13-9-16)24-21(28)25-20(27)15-6-10-17(11-7-15)22(3,4)5/h6-14H,1-5H3,(H,23,26)(H2,24,25,27,28). The summed E-state index contributed by atoms with van der Waals surface area (Å²) in [7, 11) is 0. The maximum Gasteiger partial charge on any atom is 0.257 e. The van der Waals surface area contributed by atoms with Crippen LogP contribution in [0.1, 0.15) is 60.9 Å². The van der Waals surface area contributed by atoms with Crippen LogP contribution in [0, 0.1) is 0 Å². The maximum absolute atomic E-state index is 12.4. The second kappa shape index (κ2) is 8.97. The van der Waals surface area contributed by atoms with E-state index in [4.69, 9.17) is 12.2 Å². The van der Waals surface area contributed by atoms with Crippen molar-refractivity contribution in [1.82, 2.24) is 10.6 Å². The van der Waals surface area contributed by atoms with Crippen molar-refractivity contribution in [2.45, 2.75) is 46.1 Å². The van der Waals surface area contributed by atoms with E-state index in [1.165, 1.54) is 0 Å². The Kier molecular flexibility index (Phi) is 6.91. The molecule has 0 aliphatic rings. The van der Waals surface area contributed by atoms with Gasteiger partial charge in [0.25, 0.3) is 11.8 Å². The van der Waals surface area contributed by atoms with Gasteiger partial charge in [0.2, 0.25) is 0 Å². The van der Waals surface area contributed by atoms with Crippen molar-refractivity contribution in [2.24, 2.45) is 0 Å². The number of benzene rings is 2. The predicted molar refractivity (Wildman–Crippen MR) is 118 cm³/mol. The van der Waals surface area contributed by atoms with Crippen molar-refractivity contribution in [1.29, 1.82) is 0 Å². The van der Waals surface area contributed by atoms with Crippen molar-refractivity contribution in [2.75, 3.05) is 5.32 Å². The van der Waals surface area contributed by atoms with E-state index < -0.39 is 0 Å². The van der Waals surface area contributed by atoms with Crippen LogP contribution in [-0.4, -0.2) is 23.0 Å². The summed E-state index contributed by atoms with van der Waals surface area (Å²) in [6.07, 6.45) is 0. The molecule has 148 valence electrons. The van der Waals surface area contributed by atoms with Crippen LogP contribution in [0.4, 0.5) is 5.69 Å². The van der Waals surface area contributed by atoms with Crippen LogP contribution < -0.4 is 16.0 Å². The Morgan fingerprint density at radius 1 is 0.857 bits per heavy atom. The molecule has 0 saturated carbocycles. The summed E-state index contributed by atoms with van der Waals surface area (Å²) in [6, 6.07) is 14.5. The van der Waals surface area contributed by atoms with E-state index in [-0.39, 0.29) is 28.4 Å². The van der Waals surface area contributed by atoms with Crippen molar-refractivity contribution >= 4 is 34.8 Å². The summed E-state index contributed by atoms with van der Waals surface area (Å²) in [5, 5.41) is 8.65. The average molecular weight is 398 g/mol. The van der Waals surface area contributed by atoms with E-state index >= 15 is 0 Å². The summed E-state index contributed by atoms with van der Waals surface area (Å²) in [5.74, 6) is -0.401. The SMILES string of the molecule is CC(C)NC(=O)c1ccc(NC(=S)NC(=O)c2ccc(C(C)(C)C)cc2)cc1. The second-order valence-corrected chi connectivity index (χ2v) is 8.35. The molecule has 0 aliphatic carbocycles. The minimum atomic E-state index is -0.272. The molecule has 0 spiro atoms. The van der Waals surface area contributed by atoms with Gasteiger partial charge in [-0.25, -0.2) is 0 Å². The lowest BCUT2D eigenvalue weighted by Crippen LogP contribution is -2.34. The quantitative estimate of drug-likeness (QED) is 0.675. The number of hydrogen-bond acceptors (Lipinski definition) is 3. The number of anilines is 1. The summed E-state index contributed by atoms with van der Waals surface area (Å²) in [4.78, 5) is 24.3. The molecule has 2 amide bonds. The molecule has 28 heavy (non-hydrogen) atoms. The first-order valence-electron chi connectivity index (χ1n) is 9.20. The van der Waals surface area contributed by atoms with Crippen LogP contribution in [0.3, 0.4) is 0 Å². The van der Waals surface area contributed by atoms with Gasteiger partial charge in [-0.1, -0.05) is 32.9 Å². The Labute approximate surface area is 171 Å². The lowest BCUT2D eigenvalue weighted by Gasteiger charge is -2.19. The van der Waals surface area contributed by atoms with Gasteiger partial charge in [0.05, 0.1) is 0 Å². The fourth-order valence-corrected chi connectivity index (χ4v) is 2.72. The Balaban J connectivity index is 1.94. The molecule has 0 fully saturated rings. The first-order valence-corrected chi connectivity index (χ1v) is 9.61. The van der Waals surface area contributed by atoms with Gasteiger partial charge in [0.15, 0.2) is 5.11 Å². The van der Waals surface area contributed by atoms with Crippen LogP contribution in [0.25, 0.3) is 0 Å². The smallest absolute Gasteiger partial charge is 0.257 e. The van der Waals surface area contributed by atoms with Gasteiger partial charge in [-0.05, 0) is 73.4 Å². The monoisotopic (exact) mass is 397 g/mol. The van der Waals surface area contributed by atoms with E-state index in [2.05, 4.69) is 36.7 Å². The third kappa shape index (κ3) is 6.16. The number of carbonyl (C=O) groups excluding carboxylic acids is 2. The highest BCUT2D eigenvalue weighted by atomic mass is 32.1. The van der Waals surface area contributed by atoms with Crippen LogP contribution in [-0.2, 0) is 5.41 Å². The highest BCUT2D eigenvalue weighted by molar-refractivity contribution is 7.80. The first-order chi connectivity index (χ1) is 13.1. The molecule has 0 aliphatic heterocycles. The Hall–Kier alpha value is -2.73. The molecule has 0 bridgehead atoms. The zero-order valence-electron chi connectivity index (χ0n) is 16.9. The van der Waals surface area contributed by atoms with Crippen molar-refractivity contribution in [3.05, 3.63) is 65.2 Å². The van der Waals surface area contributed by atoms with Crippen LogP contribution in [0.5, 0.6) is 0 Å². The summed E-state index contributed by atoms with van der Waals surface area (Å²) >= 11 is 5.22. The van der Waals surface area contributed by atoms with E-state index in [0.29, 0.717) is 16.8 Å². The fraction of sp³-hybridized carbons (Fsp3) is 0.318. The number of thiocarbonyl (C=S) groups is 1. The molecule has 0 radical (unpaired) electrons. The molecule has 0 saturated heterocycles. The highest BCUT2D eigenvalue weighted by Crippen LogP contribution is 2.22. The van der Waals surface area contributed by atoms with Gasteiger partial charge in [0, 0.05) is 22.9 Å². The third-order valence-corrected chi connectivity index (χ3v) is 4.27. The van der Waals surface area contributed by atoms with Gasteiger partial charge in [-0.15, -0.1) is 0 Å². The molecule has 0 heterocycles. The Bertz CT molecular complexity index is 851. The van der Waals surface area contributed by atoms with Crippen LogP contribution in [0.15, 0.2) is 48.5 Å². The van der Waals surface area contributed by atoms with Gasteiger partial charge >= 0.3 is 0 Å². The number of carbonyl (C=O) groups is 2. The zero-order chi connectivity index (χ0) is 20.9. The molecular weight excluding hydrogens is 370 g/mol. The van der Waals surface area contributed by atoms with Gasteiger partial charge in [-0.2, -0.15) is 0 Å². The molecule has 0 aromatic heterocycles. The number of hydrogen-bond donors (Lipinski definition) is 3. The third-order valence-electron chi connectivity index (χ3n) is 4.06. The summed E-state index contributed by atoms with van der Waals surface area (Å²) < 4.78 is 0. The minimum Gasteiger partial charge on any atom is -0.350 e. The maximum atomic E-state index is 12.4. The largest absolute Gasteiger partial charge is 0.350 e. The molecule has 2 aromatic rings. The van der Waals surface area contributed by atoms with E-state index in [1.54, 1.807) is 36.4 Å². The average Bonchev–Trinajstić information content (AvgIpc) is 2.61. The summed E-state index contributed by atoms with van der Waals surface area (Å²) in [5.41, 5.74) is 2.98. The van der Waals surface area contributed by atoms with Gasteiger partial charge in [0.1, 0.15) is 0 Å².